The first-order valence-corrected chi connectivity index (χ1v) is 8.87. The maximum Gasteiger partial charge on any atom is 0.280 e. The number of hydrogen-bond acceptors (Lipinski definition) is 9. The number of likely N-dealkylation sites (N-methyl/N-ethyl adjacent to an activating group) is 1. The van der Waals surface area contributed by atoms with Gasteiger partial charge in [-0.2, -0.15) is 4.98 Å². The van der Waals surface area contributed by atoms with E-state index in [4.69, 9.17) is 10.5 Å². The molecule has 2 aliphatic heterocycles. The van der Waals surface area contributed by atoms with Gasteiger partial charge in [0.25, 0.3) is 5.56 Å². The number of imidazole rings is 1. The number of quaternary nitrogens is 1. The normalized spacial score (nSPS) is 28.6. The maximum atomic E-state index is 12.3. The number of nitrogen functional groups attached to an aromatic ring is 1. The number of piperazine rings is 1. The van der Waals surface area contributed by atoms with Gasteiger partial charge in [-0.15, -0.1) is 0 Å². The molecule has 4 heterocycles. The van der Waals surface area contributed by atoms with Crippen molar-refractivity contribution >= 4 is 23.1 Å². The van der Waals surface area contributed by atoms with Crippen LogP contribution in [0.1, 0.15) is 6.23 Å². The van der Waals surface area contributed by atoms with E-state index in [0.29, 0.717) is 19.0 Å². The largest absolute Gasteiger partial charge is 1.00 e. The van der Waals surface area contributed by atoms with Crippen molar-refractivity contribution in [1.82, 2.24) is 19.5 Å². The molecule has 0 spiro atoms. The number of nitrogens with one attached hydrogen (secondary N) is 2. The molecule has 156 valence electrons. The summed E-state index contributed by atoms with van der Waals surface area (Å²) >= 11 is 0. The highest BCUT2D eigenvalue weighted by atomic mass is 35.5. The molecule has 7 N–H and O–H groups in total. The van der Waals surface area contributed by atoms with Gasteiger partial charge in [0.1, 0.15) is 18.3 Å². The topological polar surface area (TPSA) is 167 Å². The van der Waals surface area contributed by atoms with Crippen molar-refractivity contribution < 1.29 is 37.4 Å². The molecule has 2 saturated heterocycles. The van der Waals surface area contributed by atoms with Crippen LogP contribution in [0, 0.1) is 0 Å². The lowest BCUT2D eigenvalue weighted by Crippen LogP contribution is -3.12. The van der Waals surface area contributed by atoms with E-state index in [1.165, 1.54) is 9.47 Å². The standard InChI is InChI=1S/C15H23N7O5.ClH/c1-20-2-4-21(5-3-20)15-17-8-11(18-14(16)19-12(8)26)22(15)13-10(25)9(24)7(6-23)27-13;/h7,9-10,13,23-25H,2-6H2,1H3,(H3,16,18,19,26);1H. The molecule has 4 rings (SSSR count). The van der Waals surface area contributed by atoms with Crippen LogP contribution in [0.2, 0.25) is 0 Å². The SMILES string of the molecule is C[NH+]1CCN(c2nc3c(=O)[nH]c(N)nc3n2C2OC(CO)C(O)C2O)CC1.[Cl-]. The van der Waals surface area contributed by atoms with Gasteiger partial charge in [-0.3, -0.25) is 14.3 Å². The first kappa shape index (κ1) is 20.8. The van der Waals surface area contributed by atoms with E-state index in [9.17, 15) is 20.1 Å². The smallest absolute Gasteiger partial charge is 0.280 e. The summed E-state index contributed by atoms with van der Waals surface area (Å²) in [5.74, 6) is 0.325. The third kappa shape index (κ3) is 3.32. The lowest BCUT2D eigenvalue weighted by atomic mass is 10.1. The molecule has 0 radical (unpaired) electrons. The number of aromatic nitrogens is 4. The molecular formula is C15H24ClN7O5. The summed E-state index contributed by atoms with van der Waals surface area (Å²) in [7, 11) is 2.10. The van der Waals surface area contributed by atoms with Gasteiger partial charge < -0.3 is 48.0 Å². The van der Waals surface area contributed by atoms with Crippen LogP contribution in [-0.2, 0) is 4.74 Å². The summed E-state index contributed by atoms with van der Waals surface area (Å²) in [6, 6.07) is 0. The molecule has 4 atom stereocenters. The van der Waals surface area contributed by atoms with Crippen LogP contribution in [-0.4, -0.2) is 93.0 Å². The highest BCUT2D eigenvalue weighted by Crippen LogP contribution is 2.35. The molecule has 2 fully saturated rings. The number of aromatic amines is 1. The zero-order chi connectivity index (χ0) is 19.3. The van der Waals surface area contributed by atoms with Crippen molar-refractivity contribution in [2.24, 2.45) is 0 Å². The molecule has 0 saturated carbocycles. The molecule has 13 heteroatoms. The number of rotatable bonds is 3. The first-order chi connectivity index (χ1) is 12.9. The van der Waals surface area contributed by atoms with Gasteiger partial charge >= 0.3 is 0 Å². The lowest BCUT2D eigenvalue weighted by molar-refractivity contribution is -0.880. The number of fused-ring (bicyclic) bond motifs is 1. The van der Waals surface area contributed by atoms with Crippen LogP contribution in [0.5, 0.6) is 0 Å². The van der Waals surface area contributed by atoms with Crippen molar-refractivity contribution in [2.75, 3.05) is 50.5 Å². The molecule has 0 aliphatic carbocycles. The zero-order valence-corrected chi connectivity index (χ0v) is 16.0. The number of halogens is 1. The Kier molecular flexibility index (Phi) is 5.79. The average molecular weight is 418 g/mol. The number of hydrogen-bond donors (Lipinski definition) is 6. The first-order valence-electron chi connectivity index (χ1n) is 8.87. The van der Waals surface area contributed by atoms with Crippen molar-refractivity contribution in [2.45, 2.75) is 24.5 Å². The molecule has 4 unspecified atom stereocenters. The number of aliphatic hydroxyl groups excluding tert-OH is 3. The number of aliphatic hydroxyl groups is 3. The number of ether oxygens (including phenoxy) is 1. The lowest BCUT2D eigenvalue weighted by Gasteiger charge is -2.32. The van der Waals surface area contributed by atoms with E-state index >= 15 is 0 Å². The molecule has 28 heavy (non-hydrogen) atoms. The van der Waals surface area contributed by atoms with E-state index in [1.807, 2.05) is 4.90 Å². The number of H-pyrrole nitrogens is 1. The van der Waals surface area contributed by atoms with Crippen molar-refractivity contribution in [3.05, 3.63) is 10.4 Å². The number of nitrogens with zero attached hydrogens (tertiary/aromatic N) is 4. The Labute approximate surface area is 165 Å². The Morgan fingerprint density at radius 2 is 1.96 bits per heavy atom. The molecule has 0 bridgehead atoms. The summed E-state index contributed by atoms with van der Waals surface area (Å²) < 4.78 is 7.16. The second-order valence-electron chi connectivity index (χ2n) is 7.08. The van der Waals surface area contributed by atoms with E-state index in [2.05, 4.69) is 22.0 Å². The summed E-state index contributed by atoms with van der Waals surface area (Å²) in [5, 5.41) is 30.0. The quantitative estimate of drug-likeness (QED) is 0.284. The Morgan fingerprint density at radius 3 is 2.57 bits per heavy atom. The second kappa shape index (κ2) is 7.81. The van der Waals surface area contributed by atoms with Crippen LogP contribution in [0.15, 0.2) is 4.79 Å². The van der Waals surface area contributed by atoms with Crippen molar-refractivity contribution in [1.29, 1.82) is 0 Å². The van der Waals surface area contributed by atoms with E-state index < -0.39 is 36.7 Å². The fourth-order valence-corrected chi connectivity index (χ4v) is 3.63. The Hall–Kier alpha value is -1.96. The summed E-state index contributed by atoms with van der Waals surface area (Å²) in [6.07, 6.45) is -4.61. The second-order valence-corrected chi connectivity index (χ2v) is 7.08. The predicted octanol–water partition coefficient (Wildman–Crippen LogP) is -7.35. The van der Waals surface area contributed by atoms with E-state index in [1.54, 1.807) is 0 Å². The van der Waals surface area contributed by atoms with E-state index in [-0.39, 0.29) is 29.5 Å². The van der Waals surface area contributed by atoms with Gasteiger partial charge in [0, 0.05) is 0 Å². The van der Waals surface area contributed by atoms with Crippen LogP contribution in [0.25, 0.3) is 11.2 Å². The molecule has 12 nitrogen and oxygen atoms in total. The van der Waals surface area contributed by atoms with Gasteiger partial charge in [-0.25, -0.2) is 4.98 Å². The average Bonchev–Trinajstić information content (AvgIpc) is 3.14. The van der Waals surface area contributed by atoms with Crippen molar-refractivity contribution in [3.63, 3.8) is 0 Å². The van der Waals surface area contributed by atoms with Gasteiger partial charge in [0.15, 0.2) is 17.4 Å². The highest BCUT2D eigenvalue weighted by Gasteiger charge is 2.45. The summed E-state index contributed by atoms with van der Waals surface area (Å²) in [6.45, 7) is 2.69. The van der Waals surface area contributed by atoms with Gasteiger partial charge in [-0.1, -0.05) is 0 Å². The minimum absolute atomic E-state index is 0. The van der Waals surface area contributed by atoms with Crippen LogP contribution in [0.3, 0.4) is 0 Å². The Balaban J connectivity index is 0.00000225. The fraction of sp³-hybridized carbons (Fsp3) is 0.667. The zero-order valence-electron chi connectivity index (χ0n) is 15.2. The molecule has 2 aromatic heterocycles. The highest BCUT2D eigenvalue weighted by molar-refractivity contribution is 5.75. The number of anilines is 2. The predicted molar refractivity (Wildman–Crippen MR) is 94.4 cm³/mol. The Morgan fingerprint density at radius 1 is 1.29 bits per heavy atom. The van der Waals surface area contributed by atoms with Crippen LogP contribution < -0.4 is 33.5 Å². The Bertz CT molecular complexity index is 897. The summed E-state index contributed by atoms with van der Waals surface area (Å²) in [5.41, 5.74) is 5.43. The summed E-state index contributed by atoms with van der Waals surface area (Å²) in [4.78, 5) is 26.7. The third-order valence-corrected chi connectivity index (χ3v) is 5.22. The van der Waals surface area contributed by atoms with Gasteiger partial charge in [0.2, 0.25) is 11.9 Å². The van der Waals surface area contributed by atoms with Crippen molar-refractivity contribution in [3.8, 4) is 0 Å². The fourth-order valence-electron chi connectivity index (χ4n) is 3.63. The van der Waals surface area contributed by atoms with Crippen LogP contribution in [0.4, 0.5) is 11.9 Å². The van der Waals surface area contributed by atoms with Gasteiger partial charge in [0.05, 0.1) is 39.8 Å². The molecule has 0 amide bonds. The monoisotopic (exact) mass is 417 g/mol. The molecule has 2 aromatic rings. The molecular weight excluding hydrogens is 394 g/mol. The molecule has 0 aromatic carbocycles. The third-order valence-electron chi connectivity index (χ3n) is 5.22. The van der Waals surface area contributed by atoms with E-state index in [0.717, 1.165) is 13.1 Å². The minimum Gasteiger partial charge on any atom is -1.00 e. The van der Waals surface area contributed by atoms with Crippen LogP contribution >= 0.6 is 0 Å². The maximum absolute atomic E-state index is 12.3. The van der Waals surface area contributed by atoms with Gasteiger partial charge in [-0.05, 0) is 0 Å². The number of nitrogens with two attached hydrogens (primary N) is 1. The minimum atomic E-state index is -1.32. The molecule has 2 aliphatic rings.